The lowest BCUT2D eigenvalue weighted by Crippen LogP contribution is -2.14. The van der Waals surface area contributed by atoms with Crippen LogP contribution < -0.4 is 10.9 Å². The largest absolute Gasteiger partial charge is 0.476 e. The van der Waals surface area contributed by atoms with Gasteiger partial charge in [0, 0.05) is 12.7 Å². The molecule has 2 aromatic carbocycles. The van der Waals surface area contributed by atoms with E-state index in [9.17, 15) is 36.1 Å². The summed E-state index contributed by atoms with van der Waals surface area (Å²) in [5.41, 5.74) is -2.37. The van der Waals surface area contributed by atoms with Crippen molar-refractivity contribution in [1.29, 1.82) is 0 Å². The second-order valence-corrected chi connectivity index (χ2v) is 9.17. The van der Waals surface area contributed by atoms with E-state index in [0.29, 0.717) is 5.69 Å². The van der Waals surface area contributed by atoms with Crippen molar-refractivity contribution in [2.45, 2.75) is 9.79 Å². The number of H-pyrrole nitrogens is 1. The molecule has 0 atom stereocenters. The number of carbonyl (C=O) groups is 1. The summed E-state index contributed by atoms with van der Waals surface area (Å²) in [6.07, 6.45) is 0. The van der Waals surface area contributed by atoms with Crippen molar-refractivity contribution >= 4 is 43.3 Å². The summed E-state index contributed by atoms with van der Waals surface area (Å²) < 4.78 is 64.7. The molecule has 0 saturated heterocycles. The van der Waals surface area contributed by atoms with Crippen LogP contribution in [-0.2, 0) is 20.2 Å². The summed E-state index contributed by atoms with van der Waals surface area (Å²) in [5, 5.41) is 21.7. The maximum atomic E-state index is 12.8. The Kier molecular flexibility index (Phi) is 6.19. The van der Waals surface area contributed by atoms with E-state index in [0.717, 1.165) is 35.0 Å². The Bertz CT molecular complexity index is 1540. The number of carboxylic acid groups (broad SMARTS) is 1. The molecule has 3 rings (SSSR count). The number of aromatic amines is 1. The van der Waals surface area contributed by atoms with Crippen LogP contribution in [0.1, 0.15) is 10.5 Å². The molecule has 0 spiro atoms. The van der Waals surface area contributed by atoms with Crippen molar-refractivity contribution < 1.29 is 35.8 Å². The number of nitrogens with zero attached hydrogens (tertiary/aromatic N) is 3. The van der Waals surface area contributed by atoms with Crippen LogP contribution >= 0.6 is 0 Å². The number of carboxylic acids is 1. The molecule has 1 heterocycles. The van der Waals surface area contributed by atoms with Crippen LogP contribution in [0.4, 0.5) is 17.1 Å². The highest BCUT2D eigenvalue weighted by Crippen LogP contribution is 2.29. The Balaban J connectivity index is 2.14. The Morgan fingerprint density at radius 1 is 1.00 bits per heavy atom. The Morgan fingerprint density at radius 3 is 2.15 bits per heavy atom. The third-order valence-corrected chi connectivity index (χ3v) is 6.02. The molecule has 174 valence electrons. The van der Waals surface area contributed by atoms with Crippen molar-refractivity contribution in [1.82, 2.24) is 9.78 Å². The number of aromatic nitrogens is 2. The second kappa shape index (κ2) is 8.58. The van der Waals surface area contributed by atoms with Gasteiger partial charge in [0.1, 0.15) is 10.6 Å². The Morgan fingerprint density at radius 2 is 1.64 bits per heavy atom. The van der Waals surface area contributed by atoms with Gasteiger partial charge in [-0.15, -0.1) is 10.2 Å². The van der Waals surface area contributed by atoms with Crippen LogP contribution in [0, 0.1) is 0 Å². The first kappa shape index (κ1) is 23.8. The summed E-state index contributed by atoms with van der Waals surface area (Å²) in [6, 6.07) is 7.81. The van der Waals surface area contributed by atoms with E-state index in [-0.39, 0.29) is 11.4 Å². The lowest BCUT2D eigenvalue weighted by Gasteiger charge is -2.05. The monoisotopic (exact) mass is 497 g/mol. The first-order chi connectivity index (χ1) is 15.3. The van der Waals surface area contributed by atoms with Crippen LogP contribution in [0.2, 0.25) is 0 Å². The van der Waals surface area contributed by atoms with Crippen molar-refractivity contribution in [3.8, 4) is 5.69 Å². The summed E-state index contributed by atoms with van der Waals surface area (Å²) >= 11 is 0. The van der Waals surface area contributed by atoms with Crippen LogP contribution in [-0.4, -0.2) is 53.8 Å². The average molecular weight is 497 g/mol. The molecular formula is C17H15N5O9S2. The zero-order chi connectivity index (χ0) is 24.6. The predicted octanol–water partition coefficient (Wildman–Crippen LogP) is 1.81. The first-order valence-electron chi connectivity index (χ1n) is 8.70. The number of azo groups is 1. The normalized spacial score (nSPS) is 12.2. The molecule has 0 saturated carbocycles. The molecule has 0 amide bonds. The minimum absolute atomic E-state index is 0.00663. The highest BCUT2D eigenvalue weighted by atomic mass is 32.2. The van der Waals surface area contributed by atoms with Gasteiger partial charge in [0.05, 0.1) is 10.6 Å². The van der Waals surface area contributed by atoms with Gasteiger partial charge >= 0.3 is 5.97 Å². The minimum atomic E-state index is -4.71. The van der Waals surface area contributed by atoms with Crippen molar-refractivity contribution in [2.24, 2.45) is 10.2 Å². The van der Waals surface area contributed by atoms with E-state index in [1.54, 1.807) is 0 Å². The third-order valence-electron chi connectivity index (χ3n) is 4.26. The number of rotatable bonds is 7. The molecule has 0 aliphatic rings. The number of hydrogen-bond acceptors (Lipinski definition) is 9. The lowest BCUT2D eigenvalue weighted by atomic mass is 10.3. The zero-order valence-corrected chi connectivity index (χ0v) is 18.1. The predicted molar refractivity (Wildman–Crippen MR) is 113 cm³/mol. The van der Waals surface area contributed by atoms with Gasteiger partial charge in [0.25, 0.3) is 25.8 Å². The number of anilines is 1. The van der Waals surface area contributed by atoms with Gasteiger partial charge in [-0.25, -0.2) is 9.48 Å². The molecule has 14 nitrogen and oxygen atoms in total. The first-order valence-corrected chi connectivity index (χ1v) is 11.6. The second-order valence-electron chi connectivity index (χ2n) is 6.36. The SMILES string of the molecule is CNc1ccc(S(=O)(=O)O)c(N=Nc2c(C(=O)O)[nH]n(-c3ccc(S(=O)(=O)O)cc3)c2=O)c1. The highest BCUT2D eigenvalue weighted by molar-refractivity contribution is 7.86. The van der Waals surface area contributed by atoms with E-state index in [1.165, 1.54) is 19.2 Å². The molecule has 0 fully saturated rings. The maximum Gasteiger partial charge on any atom is 0.356 e. The summed E-state index contributed by atoms with van der Waals surface area (Å²) in [7, 11) is -7.67. The molecule has 0 bridgehead atoms. The van der Waals surface area contributed by atoms with Gasteiger partial charge in [0.15, 0.2) is 11.4 Å². The van der Waals surface area contributed by atoms with Gasteiger partial charge in [0.2, 0.25) is 0 Å². The van der Waals surface area contributed by atoms with E-state index >= 15 is 0 Å². The van der Waals surface area contributed by atoms with Crippen LogP contribution in [0.3, 0.4) is 0 Å². The van der Waals surface area contributed by atoms with Gasteiger partial charge in [-0.05, 0) is 42.5 Å². The van der Waals surface area contributed by atoms with Gasteiger partial charge in [-0.3, -0.25) is 19.0 Å². The fourth-order valence-electron chi connectivity index (χ4n) is 2.69. The average Bonchev–Trinajstić information content (AvgIpc) is 3.07. The van der Waals surface area contributed by atoms with Gasteiger partial charge in [-0.2, -0.15) is 16.8 Å². The molecule has 16 heteroatoms. The van der Waals surface area contributed by atoms with Crippen molar-refractivity contribution in [2.75, 3.05) is 12.4 Å². The quantitative estimate of drug-likeness (QED) is 0.235. The Labute approximate surface area is 185 Å². The molecule has 0 aliphatic heterocycles. The van der Waals surface area contributed by atoms with Gasteiger partial charge < -0.3 is 10.4 Å². The third kappa shape index (κ3) is 4.98. The van der Waals surface area contributed by atoms with Crippen LogP contribution in [0.5, 0.6) is 0 Å². The fraction of sp³-hybridized carbons (Fsp3) is 0.0588. The van der Waals surface area contributed by atoms with Crippen LogP contribution in [0.15, 0.2) is 67.3 Å². The maximum absolute atomic E-state index is 12.8. The Hall–Kier alpha value is -3.86. The number of nitrogens with one attached hydrogen (secondary N) is 2. The summed E-state index contributed by atoms with van der Waals surface area (Å²) in [5.74, 6) is -1.59. The summed E-state index contributed by atoms with van der Waals surface area (Å²) in [6.45, 7) is 0. The van der Waals surface area contributed by atoms with Crippen LogP contribution in [0.25, 0.3) is 5.69 Å². The molecule has 1 aromatic heterocycles. The number of benzene rings is 2. The van der Waals surface area contributed by atoms with E-state index in [1.807, 2.05) is 0 Å². The number of hydrogen-bond donors (Lipinski definition) is 5. The molecular weight excluding hydrogens is 482 g/mol. The zero-order valence-electron chi connectivity index (χ0n) is 16.5. The highest BCUT2D eigenvalue weighted by Gasteiger charge is 2.22. The molecule has 0 unspecified atom stereocenters. The van der Waals surface area contributed by atoms with E-state index in [2.05, 4.69) is 20.6 Å². The van der Waals surface area contributed by atoms with Gasteiger partial charge in [-0.1, -0.05) is 0 Å². The lowest BCUT2D eigenvalue weighted by molar-refractivity contribution is 0.0690. The molecule has 3 aromatic rings. The van der Waals surface area contributed by atoms with Crippen molar-refractivity contribution in [3.05, 3.63) is 58.5 Å². The smallest absolute Gasteiger partial charge is 0.356 e. The molecule has 33 heavy (non-hydrogen) atoms. The van der Waals surface area contributed by atoms with Crippen molar-refractivity contribution in [3.63, 3.8) is 0 Å². The minimum Gasteiger partial charge on any atom is -0.476 e. The van der Waals surface area contributed by atoms with E-state index < -0.39 is 52.9 Å². The molecule has 0 radical (unpaired) electrons. The topological polar surface area (TPSA) is 221 Å². The van der Waals surface area contributed by atoms with E-state index in [4.69, 9.17) is 4.55 Å². The fourth-order valence-corrected chi connectivity index (χ4v) is 3.78. The number of aromatic carboxylic acids is 1. The molecule has 0 aliphatic carbocycles. The standard InChI is InChI=1S/C17H15N5O9S2/c1-18-9-2-7-13(33(29,30)31)12(8-9)19-20-14-15(17(24)25)21-22(16(14)23)10-3-5-11(6-4-10)32(26,27)28/h2-8,18,21H,1H3,(H,24,25)(H,26,27,28)(H,29,30,31). The molecule has 5 N–H and O–H groups in total. The summed E-state index contributed by atoms with van der Waals surface area (Å²) in [4.78, 5) is 23.3.